The molecule has 0 saturated carbocycles. The van der Waals surface area contributed by atoms with E-state index in [0.29, 0.717) is 22.1 Å². The fraction of sp³-hybridized carbons (Fsp3) is 0. The predicted molar refractivity (Wildman–Crippen MR) is 82.6 cm³/mol. The number of nitrogens with zero attached hydrogens (tertiary/aromatic N) is 1. The second-order valence-electron chi connectivity index (χ2n) is 3.44. The number of aromatic nitrogens is 1. The third-order valence-electron chi connectivity index (χ3n) is 2.12. The minimum Gasteiger partial charge on any atom is -0.399 e. The Labute approximate surface area is 128 Å². The van der Waals surface area contributed by atoms with E-state index in [4.69, 9.17) is 17.3 Å². The van der Waals surface area contributed by atoms with Crippen LogP contribution in [0.1, 0.15) is 10.4 Å². The number of rotatable bonds is 2. The van der Waals surface area contributed by atoms with Crippen LogP contribution < -0.4 is 11.1 Å². The molecule has 2 aromatic rings. The number of carbonyl (C=O) groups excluding carboxylic acids is 1. The number of anilines is 2. The number of nitrogens with two attached hydrogens (primary N) is 1. The summed E-state index contributed by atoms with van der Waals surface area (Å²) in [6.07, 6.45) is 1.47. The van der Waals surface area contributed by atoms with Gasteiger partial charge in [0.05, 0.1) is 5.02 Å². The maximum absolute atomic E-state index is 11.8. The van der Waals surface area contributed by atoms with Crippen LogP contribution in [0.2, 0.25) is 5.02 Å². The van der Waals surface area contributed by atoms with Gasteiger partial charge in [-0.05, 0) is 30.3 Å². The second kappa shape index (κ2) is 7.84. The van der Waals surface area contributed by atoms with Gasteiger partial charge in [-0.25, -0.2) is 4.98 Å². The molecule has 0 aliphatic rings. The van der Waals surface area contributed by atoms with E-state index >= 15 is 0 Å². The average molecular weight is 321 g/mol. The Morgan fingerprint density at radius 1 is 1.21 bits per heavy atom. The number of amides is 1. The number of halogens is 3. The maximum atomic E-state index is 11.8. The number of hydrogen-bond donors (Lipinski definition) is 2. The molecule has 0 fully saturated rings. The summed E-state index contributed by atoms with van der Waals surface area (Å²) in [7, 11) is 0. The van der Waals surface area contributed by atoms with Crippen LogP contribution in [0.15, 0.2) is 42.6 Å². The molecule has 0 bridgehead atoms. The molecule has 0 aliphatic heterocycles. The van der Waals surface area contributed by atoms with Crippen molar-refractivity contribution in [2.75, 3.05) is 11.1 Å². The number of nitrogen functional groups attached to an aromatic ring is 1. The minimum absolute atomic E-state index is 0. The molecular formula is C12H12Cl3N3O. The van der Waals surface area contributed by atoms with Crippen LogP contribution in [0, 0.1) is 0 Å². The van der Waals surface area contributed by atoms with Gasteiger partial charge in [0.1, 0.15) is 5.82 Å². The first kappa shape index (κ1) is 17.5. The van der Waals surface area contributed by atoms with E-state index in [2.05, 4.69) is 10.3 Å². The lowest BCUT2D eigenvalue weighted by atomic mass is 10.2. The van der Waals surface area contributed by atoms with Gasteiger partial charge in [0.15, 0.2) is 0 Å². The molecule has 0 aliphatic carbocycles. The van der Waals surface area contributed by atoms with Gasteiger partial charge < -0.3 is 11.1 Å². The van der Waals surface area contributed by atoms with E-state index < -0.39 is 0 Å². The Kier molecular flexibility index (Phi) is 7.22. The highest BCUT2D eigenvalue weighted by molar-refractivity contribution is 6.30. The molecule has 0 spiro atoms. The van der Waals surface area contributed by atoms with Crippen molar-refractivity contribution in [3.8, 4) is 0 Å². The van der Waals surface area contributed by atoms with Crippen molar-refractivity contribution in [3.63, 3.8) is 0 Å². The van der Waals surface area contributed by atoms with Crippen molar-refractivity contribution >= 4 is 53.8 Å². The molecular weight excluding hydrogens is 309 g/mol. The molecule has 4 nitrogen and oxygen atoms in total. The third-order valence-corrected chi connectivity index (χ3v) is 2.34. The van der Waals surface area contributed by atoms with Crippen molar-refractivity contribution < 1.29 is 4.79 Å². The van der Waals surface area contributed by atoms with Crippen LogP contribution in [0.3, 0.4) is 0 Å². The normalized spacial score (nSPS) is 8.89. The van der Waals surface area contributed by atoms with Crippen LogP contribution in [0.4, 0.5) is 11.5 Å². The van der Waals surface area contributed by atoms with E-state index in [-0.39, 0.29) is 30.7 Å². The largest absolute Gasteiger partial charge is 0.399 e. The van der Waals surface area contributed by atoms with E-state index in [0.717, 1.165) is 0 Å². The average Bonchev–Trinajstić information content (AvgIpc) is 2.32. The zero-order chi connectivity index (χ0) is 12.3. The molecule has 1 heterocycles. The first-order chi connectivity index (χ1) is 8.15. The molecule has 2 rings (SSSR count). The van der Waals surface area contributed by atoms with Gasteiger partial charge in [-0.2, -0.15) is 0 Å². The van der Waals surface area contributed by atoms with Crippen molar-refractivity contribution in [2.45, 2.75) is 0 Å². The van der Waals surface area contributed by atoms with Gasteiger partial charge in [0.25, 0.3) is 5.91 Å². The summed E-state index contributed by atoms with van der Waals surface area (Å²) in [6.45, 7) is 0. The number of benzene rings is 1. The SMILES string of the molecule is Cl.Cl.Nc1cccc(C(=O)Nc2ccc(Cl)cn2)c1. The molecule has 7 heteroatoms. The Bertz CT molecular complexity index is 546. The van der Waals surface area contributed by atoms with Gasteiger partial charge in [0, 0.05) is 17.4 Å². The van der Waals surface area contributed by atoms with Gasteiger partial charge in [-0.3, -0.25) is 4.79 Å². The highest BCUT2D eigenvalue weighted by atomic mass is 35.5. The smallest absolute Gasteiger partial charge is 0.256 e. The molecule has 1 aromatic carbocycles. The van der Waals surface area contributed by atoms with Crippen molar-refractivity contribution in [2.24, 2.45) is 0 Å². The van der Waals surface area contributed by atoms with Gasteiger partial charge in [-0.1, -0.05) is 17.7 Å². The first-order valence-electron chi connectivity index (χ1n) is 4.93. The van der Waals surface area contributed by atoms with E-state index in [1.807, 2.05) is 0 Å². The number of pyridine rings is 1. The zero-order valence-electron chi connectivity index (χ0n) is 9.67. The summed E-state index contributed by atoms with van der Waals surface area (Å²) in [4.78, 5) is 15.8. The van der Waals surface area contributed by atoms with Crippen LogP contribution in [0.5, 0.6) is 0 Å². The lowest BCUT2D eigenvalue weighted by molar-refractivity contribution is 0.102. The molecule has 0 saturated heterocycles. The van der Waals surface area contributed by atoms with Gasteiger partial charge in [-0.15, -0.1) is 24.8 Å². The standard InChI is InChI=1S/C12H10ClN3O.2ClH/c13-9-4-5-11(15-7-9)16-12(17)8-2-1-3-10(14)6-8;;/h1-7H,14H2,(H,15,16,17);2*1H. The molecule has 1 aromatic heterocycles. The van der Waals surface area contributed by atoms with Crippen LogP contribution in [-0.4, -0.2) is 10.9 Å². The molecule has 102 valence electrons. The summed E-state index contributed by atoms with van der Waals surface area (Å²) < 4.78 is 0. The molecule has 19 heavy (non-hydrogen) atoms. The van der Waals surface area contributed by atoms with Crippen molar-refractivity contribution in [3.05, 3.63) is 53.2 Å². The van der Waals surface area contributed by atoms with Gasteiger partial charge >= 0.3 is 0 Å². The summed E-state index contributed by atoms with van der Waals surface area (Å²) in [5.41, 5.74) is 6.63. The molecule has 1 amide bonds. The van der Waals surface area contributed by atoms with Gasteiger partial charge in [0.2, 0.25) is 0 Å². The Morgan fingerprint density at radius 3 is 2.53 bits per heavy atom. The number of carbonyl (C=O) groups is 1. The highest BCUT2D eigenvalue weighted by Gasteiger charge is 2.06. The molecule has 0 unspecified atom stereocenters. The first-order valence-corrected chi connectivity index (χ1v) is 5.31. The molecule has 0 atom stereocenters. The maximum Gasteiger partial charge on any atom is 0.256 e. The molecule has 0 radical (unpaired) electrons. The lowest BCUT2D eigenvalue weighted by Gasteiger charge is -2.04. The van der Waals surface area contributed by atoms with Crippen molar-refractivity contribution in [1.29, 1.82) is 0 Å². The Hall–Kier alpha value is -1.49. The molecule has 3 N–H and O–H groups in total. The fourth-order valence-electron chi connectivity index (χ4n) is 1.32. The summed E-state index contributed by atoms with van der Waals surface area (Å²) in [6, 6.07) is 10.0. The Morgan fingerprint density at radius 2 is 1.95 bits per heavy atom. The summed E-state index contributed by atoms with van der Waals surface area (Å²) in [5, 5.41) is 3.17. The minimum atomic E-state index is -0.257. The third kappa shape index (κ3) is 4.95. The summed E-state index contributed by atoms with van der Waals surface area (Å²) >= 11 is 5.69. The topological polar surface area (TPSA) is 68.0 Å². The van der Waals surface area contributed by atoms with E-state index in [1.165, 1.54) is 6.20 Å². The Balaban J connectivity index is 0.00000162. The summed E-state index contributed by atoms with van der Waals surface area (Å²) in [5.74, 6) is 0.189. The van der Waals surface area contributed by atoms with E-state index in [1.54, 1.807) is 36.4 Å². The van der Waals surface area contributed by atoms with Crippen LogP contribution in [-0.2, 0) is 0 Å². The monoisotopic (exact) mass is 319 g/mol. The quantitative estimate of drug-likeness (QED) is 0.833. The predicted octanol–water partition coefficient (Wildman–Crippen LogP) is 3.41. The number of hydrogen-bond acceptors (Lipinski definition) is 3. The number of nitrogens with one attached hydrogen (secondary N) is 1. The fourth-order valence-corrected chi connectivity index (χ4v) is 1.43. The highest BCUT2D eigenvalue weighted by Crippen LogP contribution is 2.12. The van der Waals surface area contributed by atoms with Crippen LogP contribution >= 0.6 is 36.4 Å². The lowest BCUT2D eigenvalue weighted by Crippen LogP contribution is -2.12. The van der Waals surface area contributed by atoms with Crippen LogP contribution in [0.25, 0.3) is 0 Å². The van der Waals surface area contributed by atoms with Crippen molar-refractivity contribution in [1.82, 2.24) is 4.98 Å². The van der Waals surface area contributed by atoms with E-state index in [9.17, 15) is 4.79 Å². The zero-order valence-corrected chi connectivity index (χ0v) is 12.1. The second-order valence-corrected chi connectivity index (χ2v) is 3.88.